The van der Waals surface area contributed by atoms with Gasteiger partial charge in [0.05, 0.1) is 0 Å². The molecule has 0 aromatic carbocycles. The van der Waals surface area contributed by atoms with Crippen LogP contribution in [0.25, 0.3) is 11.6 Å². The zero-order valence-electron chi connectivity index (χ0n) is 6.67. The quantitative estimate of drug-likeness (QED) is 0.527. The minimum Gasteiger partial charge on any atom is -0.264 e. The topological polar surface area (TPSA) is 12.9 Å². The van der Waals surface area contributed by atoms with E-state index in [0.717, 1.165) is 0 Å². The molecule has 0 bridgehead atoms. The molecule has 1 aliphatic carbocycles. The van der Waals surface area contributed by atoms with E-state index in [4.69, 9.17) is 0 Å². The van der Waals surface area contributed by atoms with Crippen molar-refractivity contribution in [3.8, 4) is 0 Å². The second-order valence-electron chi connectivity index (χ2n) is 2.99. The number of hydrogen-bond acceptors (Lipinski definition) is 1. The van der Waals surface area contributed by atoms with Gasteiger partial charge in [-0.1, -0.05) is 11.6 Å². The van der Waals surface area contributed by atoms with E-state index in [9.17, 15) is 0 Å². The molecule has 0 saturated heterocycles. The molecule has 0 amide bonds. The molecule has 0 atom stereocenters. The third-order valence-electron chi connectivity index (χ3n) is 2.20. The molecule has 0 N–H and O–H groups in total. The fourth-order valence-electron chi connectivity index (χ4n) is 1.52. The van der Waals surface area contributed by atoms with Gasteiger partial charge in [0.15, 0.2) is 0 Å². The molecule has 2 rings (SSSR count). The second-order valence-corrected chi connectivity index (χ2v) is 2.99. The molecule has 0 spiro atoms. The van der Waals surface area contributed by atoms with Crippen molar-refractivity contribution in [1.82, 2.24) is 4.98 Å². The fraction of sp³-hybridized carbons (Fsp3) is 0.300. The Hall–Kier alpha value is -1.11. The van der Waals surface area contributed by atoms with Crippen molar-refractivity contribution < 1.29 is 0 Å². The van der Waals surface area contributed by atoms with Crippen molar-refractivity contribution >= 4 is 11.6 Å². The lowest BCUT2D eigenvalue weighted by molar-refractivity contribution is 1.05. The van der Waals surface area contributed by atoms with Gasteiger partial charge in [0.1, 0.15) is 0 Å². The van der Waals surface area contributed by atoms with Gasteiger partial charge in [-0.2, -0.15) is 0 Å². The predicted molar refractivity (Wildman–Crippen MR) is 46.3 cm³/mol. The van der Waals surface area contributed by atoms with Crippen LogP contribution in [0.3, 0.4) is 0 Å². The maximum Gasteiger partial charge on any atom is 0.0345 e. The lowest BCUT2D eigenvalue weighted by Gasteiger charge is -2.04. The molecule has 0 fully saturated rings. The summed E-state index contributed by atoms with van der Waals surface area (Å²) in [5, 5.41) is 2.68. The highest BCUT2D eigenvalue weighted by atomic mass is 14.6. The minimum absolute atomic E-state index is 1.18. The maximum atomic E-state index is 4.11. The average Bonchev–Trinajstić information content (AvgIpc) is 2.06. The first-order valence-corrected chi connectivity index (χ1v) is 3.98. The number of nitrogens with zero attached hydrogens (tertiary/aromatic N) is 1. The summed E-state index contributed by atoms with van der Waals surface area (Å²) in [6.45, 7) is 2.19. The van der Waals surface area contributed by atoms with Gasteiger partial charge >= 0.3 is 0 Å². The molecule has 0 radical (unpaired) electrons. The van der Waals surface area contributed by atoms with Crippen molar-refractivity contribution in [2.24, 2.45) is 0 Å². The number of hydrogen-bond donors (Lipinski definition) is 0. The number of aromatic nitrogens is 1. The second kappa shape index (κ2) is 2.50. The van der Waals surface area contributed by atoms with Gasteiger partial charge in [0.25, 0.3) is 0 Å². The highest BCUT2D eigenvalue weighted by Crippen LogP contribution is 2.04. The normalized spacial score (nSPS) is 15.5. The van der Waals surface area contributed by atoms with Crippen LogP contribution in [-0.2, 0) is 0 Å². The summed E-state index contributed by atoms with van der Waals surface area (Å²) in [5.41, 5.74) is 1.47. The van der Waals surface area contributed by atoms with Crippen LogP contribution in [0.4, 0.5) is 0 Å². The molecule has 1 heteroatoms. The van der Waals surface area contributed by atoms with E-state index in [0.29, 0.717) is 0 Å². The van der Waals surface area contributed by atoms with E-state index >= 15 is 0 Å². The lowest BCUT2D eigenvalue weighted by atomic mass is 10.0. The Balaban J connectivity index is 2.89. The molecule has 56 valence electrons. The van der Waals surface area contributed by atoms with Crippen molar-refractivity contribution in [3.05, 3.63) is 28.9 Å². The Labute approximate surface area is 66.1 Å². The van der Waals surface area contributed by atoms with Crippen LogP contribution in [0, 0.1) is 0 Å². The van der Waals surface area contributed by atoms with E-state index < -0.39 is 0 Å². The number of rotatable bonds is 0. The van der Waals surface area contributed by atoms with Gasteiger partial charge in [0, 0.05) is 12.4 Å². The highest BCUT2D eigenvalue weighted by molar-refractivity contribution is 5.48. The third kappa shape index (κ3) is 1.07. The number of pyridine rings is 1. The highest BCUT2D eigenvalue weighted by Gasteiger charge is 1.97. The average molecular weight is 145 g/mol. The summed E-state index contributed by atoms with van der Waals surface area (Å²) >= 11 is 0. The minimum atomic E-state index is 1.18. The summed E-state index contributed by atoms with van der Waals surface area (Å²) < 4.78 is 0. The van der Waals surface area contributed by atoms with E-state index in [1.54, 1.807) is 0 Å². The largest absolute Gasteiger partial charge is 0.264 e. The first kappa shape index (κ1) is 6.59. The molecule has 1 aliphatic rings. The van der Waals surface area contributed by atoms with Crippen LogP contribution in [0.15, 0.2) is 18.5 Å². The number of fused-ring (bicyclic) bond motifs is 1. The smallest absolute Gasteiger partial charge is 0.0345 e. The van der Waals surface area contributed by atoms with E-state index in [1.807, 2.05) is 12.4 Å². The molecule has 1 heterocycles. The van der Waals surface area contributed by atoms with E-state index in [-0.39, 0.29) is 0 Å². The summed E-state index contributed by atoms with van der Waals surface area (Å²) in [6, 6.07) is 2.08. The molecular weight excluding hydrogens is 134 g/mol. The Morgan fingerprint density at radius 1 is 1.45 bits per heavy atom. The summed E-state index contributed by atoms with van der Waals surface area (Å²) in [4.78, 5) is 4.11. The van der Waals surface area contributed by atoms with Crippen molar-refractivity contribution in [2.75, 3.05) is 0 Å². The standard InChI is InChI=1S/C10H11N/c1-8-3-2-4-9-5-6-11-7-10(8)9/h4-7H,2-3H2,1H3. The van der Waals surface area contributed by atoms with E-state index in [2.05, 4.69) is 24.1 Å². The molecule has 1 aromatic heterocycles. The Morgan fingerprint density at radius 3 is 3.18 bits per heavy atom. The lowest BCUT2D eigenvalue weighted by Crippen LogP contribution is -2.28. The summed E-state index contributed by atoms with van der Waals surface area (Å²) in [5.74, 6) is 0. The SMILES string of the molecule is CC1=c2cnccc2=CCC1. The van der Waals surface area contributed by atoms with Crippen LogP contribution >= 0.6 is 0 Å². The van der Waals surface area contributed by atoms with Crippen LogP contribution < -0.4 is 10.4 Å². The Kier molecular flexibility index (Phi) is 1.50. The van der Waals surface area contributed by atoms with Crippen LogP contribution in [0.5, 0.6) is 0 Å². The summed E-state index contributed by atoms with van der Waals surface area (Å²) in [6.07, 6.45) is 8.47. The summed E-state index contributed by atoms with van der Waals surface area (Å²) in [7, 11) is 0. The molecule has 11 heavy (non-hydrogen) atoms. The Morgan fingerprint density at radius 2 is 2.36 bits per heavy atom. The van der Waals surface area contributed by atoms with Gasteiger partial charge in [0.2, 0.25) is 0 Å². The van der Waals surface area contributed by atoms with Crippen LogP contribution in [0.2, 0.25) is 0 Å². The van der Waals surface area contributed by atoms with Gasteiger partial charge < -0.3 is 0 Å². The van der Waals surface area contributed by atoms with Gasteiger partial charge in [-0.3, -0.25) is 4.98 Å². The zero-order chi connectivity index (χ0) is 7.68. The van der Waals surface area contributed by atoms with Crippen molar-refractivity contribution in [2.45, 2.75) is 19.8 Å². The van der Waals surface area contributed by atoms with Crippen molar-refractivity contribution in [3.63, 3.8) is 0 Å². The molecule has 0 aliphatic heterocycles. The van der Waals surface area contributed by atoms with Gasteiger partial charge in [-0.05, 0) is 36.3 Å². The van der Waals surface area contributed by atoms with E-state index in [1.165, 1.54) is 28.9 Å². The monoisotopic (exact) mass is 145 g/mol. The molecule has 0 saturated carbocycles. The molecule has 1 nitrogen and oxygen atoms in total. The molecule has 1 aromatic rings. The predicted octanol–water partition coefficient (Wildman–Crippen LogP) is 0.827. The van der Waals surface area contributed by atoms with Crippen LogP contribution in [0.1, 0.15) is 19.8 Å². The zero-order valence-corrected chi connectivity index (χ0v) is 6.67. The van der Waals surface area contributed by atoms with Gasteiger partial charge in [-0.25, -0.2) is 0 Å². The van der Waals surface area contributed by atoms with Crippen molar-refractivity contribution in [1.29, 1.82) is 0 Å². The van der Waals surface area contributed by atoms with Crippen LogP contribution in [-0.4, -0.2) is 4.98 Å². The Bertz CT molecular complexity index is 376. The fourth-order valence-corrected chi connectivity index (χ4v) is 1.52. The molecular formula is C10H11N. The van der Waals surface area contributed by atoms with Gasteiger partial charge in [-0.15, -0.1) is 0 Å². The maximum absolute atomic E-state index is 4.11. The molecule has 0 unspecified atom stereocenters. The third-order valence-corrected chi connectivity index (χ3v) is 2.20. The first-order chi connectivity index (χ1) is 5.38. The first-order valence-electron chi connectivity index (χ1n) is 3.98.